The summed E-state index contributed by atoms with van der Waals surface area (Å²) in [5.41, 5.74) is 11.0. The Morgan fingerprint density at radius 2 is 1.20 bits per heavy atom. The lowest BCUT2D eigenvalue weighted by Gasteiger charge is -2.33. The van der Waals surface area contributed by atoms with Gasteiger partial charge in [0.05, 0.1) is 22.4 Å². The Balaban J connectivity index is 1.26. The van der Waals surface area contributed by atoms with E-state index < -0.39 is 0 Å². The second-order valence-electron chi connectivity index (χ2n) is 11.5. The van der Waals surface area contributed by atoms with Gasteiger partial charge in [-0.1, -0.05) is 96.7 Å². The normalized spacial score (nSPS) is 12.5. The highest BCUT2D eigenvalue weighted by atomic mass is 32.2. The molecule has 9 rings (SSSR count). The molecule has 0 saturated heterocycles. The van der Waals surface area contributed by atoms with Gasteiger partial charge in [-0.05, 0) is 101 Å². The standard InChI is InChI=1S/C41H28N2S/c1-27-10-9-14-32(24-27)43-35-21-19-29(25-34(35)41-33-15-6-5-11-28(33)18-23-38(41)43)30-20-22-37-40(26-30)44-39-17-8-7-16-36(39)42(37)31-12-3-2-4-13-31/h2-26H,1H3. The van der Waals surface area contributed by atoms with Gasteiger partial charge in [-0.25, -0.2) is 0 Å². The number of aryl methyl sites for hydroxylation is 1. The Hall–Kier alpha value is -5.25. The van der Waals surface area contributed by atoms with E-state index in [1.807, 2.05) is 11.8 Å². The number of hydrogen-bond acceptors (Lipinski definition) is 2. The number of anilines is 3. The van der Waals surface area contributed by atoms with Crippen molar-refractivity contribution >= 4 is 61.4 Å². The van der Waals surface area contributed by atoms with Crippen LogP contribution in [0.3, 0.4) is 0 Å². The third-order valence-corrected chi connectivity index (χ3v) is 9.90. The lowest BCUT2D eigenvalue weighted by atomic mass is 9.99. The van der Waals surface area contributed by atoms with E-state index in [0.717, 1.165) is 0 Å². The molecule has 0 saturated carbocycles. The van der Waals surface area contributed by atoms with Crippen molar-refractivity contribution in [3.05, 3.63) is 157 Å². The van der Waals surface area contributed by atoms with Gasteiger partial charge in [-0.15, -0.1) is 0 Å². The quantitative estimate of drug-likeness (QED) is 0.205. The van der Waals surface area contributed by atoms with Crippen molar-refractivity contribution in [2.75, 3.05) is 4.90 Å². The second kappa shape index (κ2) is 9.90. The van der Waals surface area contributed by atoms with Crippen LogP contribution in [0.15, 0.2) is 161 Å². The molecule has 0 fully saturated rings. The molecule has 0 spiro atoms. The molecule has 2 nitrogen and oxygen atoms in total. The summed E-state index contributed by atoms with van der Waals surface area (Å²) in [4.78, 5) is 4.91. The van der Waals surface area contributed by atoms with Crippen LogP contribution < -0.4 is 4.90 Å². The highest BCUT2D eigenvalue weighted by Gasteiger charge is 2.25. The molecule has 0 unspecified atom stereocenters. The summed E-state index contributed by atoms with van der Waals surface area (Å²) in [6, 6.07) is 55.4. The predicted molar refractivity (Wildman–Crippen MR) is 187 cm³/mol. The summed E-state index contributed by atoms with van der Waals surface area (Å²) >= 11 is 1.85. The zero-order valence-electron chi connectivity index (χ0n) is 24.2. The number of fused-ring (bicyclic) bond motifs is 7. The minimum absolute atomic E-state index is 1.17. The van der Waals surface area contributed by atoms with Crippen molar-refractivity contribution in [3.8, 4) is 16.8 Å². The van der Waals surface area contributed by atoms with Gasteiger partial charge in [0.15, 0.2) is 0 Å². The SMILES string of the molecule is Cc1cccc(-n2c3ccc(-c4ccc5c(c4)Sc4ccccc4N5c4ccccc4)cc3c3c4ccccc4ccc32)c1. The summed E-state index contributed by atoms with van der Waals surface area (Å²) in [5.74, 6) is 0. The van der Waals surface area contributed by atoms with Gasteiger partial charge in [0.1, 0.15) is 0 Å². The van der Waals surface area contributed by atoms with Crippen LogP contribution in [0.5, 0.6) is 0 Å². The molecule has 0 atom stereocenters. The summed E-state index contributed by atoms with van der Waals surface area (Å²) in [7, 11) is 0. The Kier molecular flexibility index (Phi) is 5.69. The van der Waals surface area contributed by atoms with Gasteiger partial charge in [0.25, 0.3) is 0 Å². The van der Waals surface area contributed by atoms with Crippen LogP contribution in [0.2, 0.25) is 0 Å². The Bertz CT molecular complexity index is 2390. The predicted octanol–water partition coefficient (Wildman–Crippen LogP) is 11.8. The maximum atomic E-state index is 2.42. The van der Waals surface area contributed by atoms with Crippen LogP contribution in [0.25, 0.3) is 49.4 Å². The Morgan fingerprint density at radius 3 is 2.11 bits per heavy atom. The highest BCUT2D eigenvalue weighted by molar-refractivity contribution is 7.99. The zero-order valence-corrected chi connectivity index (χ0v) is 25.1. The van der Waals surface area contributed by atoms with E-state index >= 15 is 0 Å². The van der Waals surface area contributed by atoms with E-state index in [1.54, 1.807) is 0 Å². The lowest BCUT2D eigenvalue weighted by molar-refractivity contribution is 1.17. The maximum Gasteiger partial charge on any atom is 0.0602 e. The first-order valence-electron chi connectivity index (χ1n) is 15.0. The van der Waals surface area contributed by atoms with E-state index in [9.17, 15) is 0 Å². The molecule has 3 heteroatoms. The largest absolute Gasteiger partial charge is 0.309 e. The number of aromatic nitrogens is 1. The molecule has 1 aromatic heterocycles. The number of hydrogen-bond donors (Lipinski definition) is 0. The molecule has 44 heavy (non-hydrogen) atoms. The smallest absolute Gasteiger partial charge is 0.0602 e. The first kappa shape index (κ1) is 25.3. The van der Waals surface area contributed by atoms with Gasteiger partial charge in [0, 0.05) is 31.9 Å². The van der Waals surface area contributed by atoms with Crippen molar-refractivity contribution in [2.24, 2.45) is 0 Å². The first-order valence-corrected chi connectivity index (χ1v) is 15.8. The number of nitrogens with zero attached hydrogens (tertiary/aromatic N) is 2. The molecular formula is C41H28N2S. The van der Waals surface area contributed by atoms with Gasteiger partial charge >= 0.3 is 0 Å². The van der Waals surface area contributed by atoms with Gasteiger partial charge in [-0.2, -0.15) is 0 Å². The molecule has 0 radical (unpaired) electrons. The molecule has 1 aliphatic rings. The molecule has 8 aromatic rings. The molecule has 0 amide bonds. The van der Waals surface area contributed by atoms with Crippen molar-refractivity contribution in [1.82, 2.24) is 4.57 Å². The molecular weight excluding hydrogens is 553 g/mol. The van der Waals surface area contributed by atoms with Crippen LogP contribution in [-0.2, 0) is 0 Å². The van der Waals surface area contributed by atoms with Crippen molar-refractivity contribution in [2.45, 2.75) is 16.7 Å². The fourth-order valence-electron chi connectivity index (χ4n) is 6.81. The van der Waals surface area contributed by atoms with E-state index in [-0.39, 0.29) is 0 Å². The molecule has 7 aromatic carbocycles. The van der Waals surface area contributed by atoms with E-state index in [4.69, 9.17) is 0 Å². The summed E-state index contributed by atoms with van der Waals surface area (Å²) in [6.45, 7) is 2.16. The van der Waals surface area contributed by atoms with Crippen LogP contribution in [0.1, 0.15) is 5.56 Å². The van der Waals surface area contributed by atoms with Crippen LogP contribution in [0.4, 0.5) is 17.1 Å². The van der Waals surface area contributed by atoms with Crippen LogP contribution in [-0.4, -0.2) is 4.57 Å². The third kappa shape index (κ3) is 3.90. The van der Waals surface area contributed by atoms with Crippen LogP contribution >= 0.6 is 11.8 Å². The van der Waals surface area contributed by atoms with E-state index in [2.05, 4.69) is 168 Å². The summed E-state index contributed by atoms with van der Waals surface area (Å²) < 4.78 is 2.42. The Morgan fingerprint density at radius 1 is 0.477 bits per heavy atom. The fraction of sp³-hybridized carbons (Fsp3) is 0.0244. The third-order valence-electron chi connectivity index (χ3n) is 8.79. The molecule has 0 bridgehead atoms. The fourth-order valence-corrected chi connectivity index (χ4v) is 7.90. The minimum atomic E-state index is 1.17. The Labute approximate surface area is 260 Å². The summed E-state index contributed by atoms with van der Waals surface area (Å²) in [6.07, 6.45) is 0. The topological polar surface area (TPSA) is 8.17 Å². The van der Waals surface area contributed by atoms with Crippen molar-refractivity contribution in [1.29, 1.82) is 0 Å². The minimum Gasteiger partial charge on any atom is -0.309 e. The van der Waals surface area contributed by atoms with Crippen molar-refractivity contribution in [3.63, 3.8) is 0 Å². The summed E-state index contributed by atoms with van der Waals surface area (Å²) in [5, 5.41) is 5.13. The molecule has 0 N–H and O–H groups in total. The maximum absolute atomic E-state index is 2.42. The van der Waals surface area contributed by atoms with Gasteiger partial charge in [0.2, 0.25) is 0 Å². The molecule has 2 heterocycles. The first-order chi connectivity index (χ1) is 21.7. The van der Waals surface area contributed by atoms with E-state index in [1.165, 1.54) is 81.8 Å². The van der Waals surface area contributed by atoms with E-state index in [0.29, 0.717) is 0 Å². The monoisotopic (exact) mass is 580 g/mol. The van der Waals surface area contributed by atoms with Gasteiger partial charge < -0.3 is 9.47 Å². The number of rotatable bonds is 3. The highest BCUT2D eigenvalue weighted by Crippen LogP contribution is 2.52. The van der Waals surface area contributed by atoms with Crippen LogP contribution in [0, 0.1) is 6.92 Å². The molecule has 0 aliphatic carbocycles. The second-order valence-corrected chi connectivity index (χ2v) is 12.6. The number of para-hydroxylation sites is 2. The average Bonchev–Trinajstić information content (AvgIpc) is 3.41. The van der Waals surface area contributed by atoms with Crippen molar-refractivity contribution < 1.29 is 0 Å². The number of benzene rings is 7. The van der Waals surface area contributed by atoms with Gasteiger partial charge in [-0.3, -0.25) is 0 Å². The zero-order chi connectivity index (χ0) is 29.2. The molecule has 208 valence electrons. The average molecular weight is 581 g/mol. The lowest BCUT2D eigenvalue weighted by Crippen LogP contribution is -2.14. The molecule has 1 aliphatic heterocycles.